The van der Waals surface area contributed by atoms with Crippen molar-refractivity contribution in [1.29, 1.82) is 5.41 Å². The number of hydrogen-bond acceptors (Lipinski definition) is 10. The molecule has 13 heteroatoms. The molecule has 2 aliphatic heterocycles. The van der Waals surface area contributed by atoms with E-state index in [9.17, 15) is 10.1 Å². The lowest BCUT2D eigenvalue weighted by Crippen LogP contribution is -2.46. The Labute approximate surface area is 206 Å². The van der Waals surface area contributed by atoms with Crippen LogP contribution < -0.4 is 9.80 Å². The van der Waals surface area contributed by atoms with E-state index >= 15 is 0 Å². The zero-order valence-corrected chi connectivity index (χ0v) is 19.9. The lowest BCUT2D eigenvalue weighted by atomic mass is 10.1. The van der Waals surface area contributed by atoms with Gasteiger partial charge in [0.1, 0.15) is 10.8 Å². The molecule has 0 aliphatic carbocycles. The second-order valence-corrected chi connectivity index (χ2v) is 8.71. The van der Waals surface area contributed by atoms with Crippen LogP contribution in [0.4, 0.5) is 16.7 Å². The molecule has 2 aliphatic rings. The van der Waals surface area contributed by atoms with Gasteiger partial charge >= 0.3 is 5.88 Å². The summed E-state index contributed by atoms with van der Waals surface area (Å²) in [7, 11) is 0. The number of hydrogen-bond donors (Lipinski definition) is 1. The van der Waals surface area contributed by atoms with Crippen molar-refractivity contribution >= 4 is 46.3 Å². The van der Waals surface area contributed by atoms with Crippen molar-refractivity contribution in [3.8, 4) is 10.8 Å². The van der Waals surface area contributed by atoms with Gasteiger partial charge < -0.3 is 23.9 Å². The number of aromatic nitrogens is 2. The third kappa shape index (κ3) is 4.98. The van der Waals surface area contributed by atoms with Gasteiger partial charge in [0.25, 0.3) is 0 Å². The number of nitrogens with one attached hydrogen (secondary N) is 1. The van der Waals surface area contributed by atoms with Gasteiger partial charge in [-0.15, -0.1) is 22.6 Å². The SMILES string of the molecule is Cl.N=C(c1ccc(N2CCN(c3nnc(-c4ccc([N+](=O)[O-])o4)s3)CC2)cc1)N1CCOCC1. The normalized spacial score (nSPS) is 16.3. The van der Waals surface area contributed by atoms with E-state index in [0.717, 1.165) is 55.7 Å². The minimum Gasteiger partial charge on any atom is -0.398 e. The van der Waals surface area contributed by atoms with Crippen molar-refractivity contribution in [2.24, 2.45) is 0 Å². The molecule has 0 bridgehead atoms. The van der Waals surface area contributed by atoms with Crippen molar-refractivity contribution in [1.82, 2.24) is 15.1 Å². The van der Waals surface area contributed by atoms with Crippen LogP contribution >= 0.6 is 23.7 Å². The van der Waals surface area contributed by atoms with Crippen LogP contribution in [-0.2, 0) is 4.74 Å². The smallest absolute Gasteiger partial charge is 0.398 e. The predicted molar refractivity (Wildman–Crippen MR) is 132 cm³/mol. The number of morpholine rings is 1. The molecule has 2 fully saturated rings. The molecular formula is C21H24ClN7O4S. The molecule has 2 aromatic heterocycles. The first-order valence-electron chi connectivity index (χ1n) is 10.7. The second-order valence-electron chi connectivity index (χ2n) is 7.75. The van der Waals surface area contributed by atoms with Crippen LogP contribution in [0.5, 0.6) is 0 Å². The molecule has 4 heterocycles. The Balaban J connectivity index is 0.00000274. The predicted octanol–water partition coefficient (Wildman–Crippen LogP) is 3.11. The van der Waals surface area contributed by atoms with Gasteiger partial charge in [0, 0.05) is 50.5 Å². The van der Waals surface area contributed by atoms with Gasteiger partial charge in [-0.3, -0.25) is 15.5 Å². The quantitative estimate of drug-likeness (QED) is 0.241. The molecule has 11 nitrogen and oxygen atoms in total. The second kappa shape index (κ2) is 10.4. The summed E-state index contributed by atoms with van der Waals surface area (Å²) < 4.78 is 10.6. The summed E-state index contributed by atoms with van der Waals surface area (Å²) in [5, 5.41) is 29.0. The van der Waals surface area contributed by atoms with Crippen LogP contribution in [0.3, 0.4) is 0 Å². The largest absolute Gasteiger partial charge is 0.433 e. The average molecular weight is 506 g/mol. The first-order valence-corrected chi connectivity index (χ1v) is 11.5. The maximum atomic E-state index is 10.8. The first-order chi connectivity index (χ1) is 16.1. The van der Waals surface area contributed by atoms with E-state index in [1.165, 1.54) is 17.4 Å². The van der Waals surface area contributed by atoms with E-state index in [4.69, 9.17) is 14.6 Å². The third-order valence-electron chi connectivity index (χ3n) is 5.78. The Kier molecular flexibility index (Phi) is 7.29. The third-order valence-corrected chi connectivity index (χ3v) is 6.78. The van der Waals surface area contributed by atoms with Crippen molar-refractivity contribution in [2.45, 2.75) is 0 Å². The summed E-state index contributed by atoms with van der Waals surface area (Å²) in [6, 6.07) is 11.0. The number of halogens is 1. The van der Waals surface area contributed by atoms with Gasteiger partial charge in [0.2, 0.25) is 5.13 Å². The van der Waals surface area contributed by atoms with Gasteiger partial charge in [-0.25, -0.2) is 0 Å². The molecule has 180 valence electrons. The van der Waals surface area contributed by atoms with Crippen molar-refractivity contribution in [3.05, 3.63) is 52.1 Å². The highest BCUT2D eigenvalue weighted by Gasteiger charge is 2.23. The van der Waals surface area contributed by atoms with E-state index in [1.807, 2.05) is 12.1 Å². The molecule has 0 saturated carbocycles. The van der Waals surface area contributed by atoms with E-state index in [2.05, 4.69) is 37.0 Å². The number of nitro groups is 1. The number of piperazine rings is 1. The zero-order valence-electron chi connectivity index (χ0n) is 18.3. The maximum Gasteiger partial charge on any atom is 0.433 e. The monoisotopic (exact) mass is 505 g/mol. The first kappa shape index (κ1) is 23.9. The van der Waals surface area contributed by atoms with Crippen LogP contribution in [0.2, 0.25) is 0 Å². The fourth-order valence-corrected chi connectivity index (χ4v) is 4.80. The van der Waals surface area contributed by atoms with E-state index in [-0.39, 0.29) is 18.3 Å². The Morgan fingerprint density at radius 1 is 0.971 bits per heavy atom. The summed E-state index contributed by atoms with van der Waals surface area (Å²) in [5.41, 5.74) is 2.05. The van der Waals surface area contributed by atoms with Gasteiger partial charge in [0.15, 0.2) is 10.8 Å². The van der Waals surface area contributed by atoms with Crippen molar-refractivity contribution in [3.63, 3.8) is 0 Å². The molecule has 3 aromatic rings. The maximum absolute atomic E-state index is 10.8. The minimum atomic E-state index is -0.567. The lowest BCUT2D eigenvalue weighted by molar-refractivity contribution is -0.401. The molecular weight excluding hydrogens is 482 g/mol. The summed E-state index contributed by atoms with van der Waals surface area (Å²) in [5.74, 6) is 0.594. The summed E-state index contributed by atoms with van der Waals surface area (Å²) in [4.78, 5) is 16.8. The Morgan fingerprint density at radius 3 is 2.29 bits per heavy atom. The van der Waals surface area contributed by atoms with Crippen LogP contribution in [0.15, 0.2) is 40.8 Å². The topological polar surface area (TPSA) is 125 Å². The van der Waals surface area contributed by atoms with Crippen LogP contribution in [0.25, 0.3) is 10.8 Å². The number of rotatable bonds is 5. The van der Waals surface area contributed by atoms with Gasteiger partial charge in [-0.05, 0) is 30.3 Å². The van der Waals surface area contributed by atoms with E-state index < -0.39 is 4.92 Å². The molecule has 0 unspecified atom stereocenters. The number of ether oxygens (including phenoxy) is 1. The standard InChI is InChI=1S/C21H23N7O4S.ClH/c22-19(26-11-13-31-14-12-26)15-1-3-16(4-2-15)25-7-9-27(10-8-25)21-24-23-20(33-21)17-5-6-18(32-17)28(29)30;/h1-6,22H,7-14H2;1H. The molecule has 34 heavy (non-hydrogen) atoms. The highest BCUT2D eigenvalue weighted by atomic mass is 35.5. The zero-order chi connectivity index (χ0) is 22.8. The summed E-state index contributed by atoms with van der Waals surface area (Å²) in [6.07, 6.45) is 0. The highest BCUT2D eigenvalue weighted by Crippen LogP contribution is 2.32. The molecule has 5 rings (SSSR count). The molecule has 0 radical (unpaired) electrons. The minimum absolute atomic E-state index is 0. The fraction of sp³-hybridized carbons (Fsp3) is 0.381. The Hall–Kier alpha value is -3.22. The summed E-state index contributed by atoms with van der Waals surface area (Å²) in [6.45, 7) is 6.10. The molecule has 0 spiro atoms. The lowest BCUT2D eigenvalue weighted by Gasteiger charge is -2.36. The molecule has 1 N–H and O–H groups in total. The van der Waals surface area contributed by atoms with Gasteiger partial charge in [0.05, 0.1) is 19.3 Å². The molecule has 1 aromatic carbocycles. The molecule has 2 saturated heterocycles. The van der Waals surface area contributed by atoms with Crippen molar-refractivity contribution in [2.75, 3.05) is 62.3 Å². The summed E-state index contributed by atoms with van der Waals surface area (Å²) >= 11 is 1.36. The molecule has 0 amide bonds. The fourth-order valence-electron chi connectivity index (χ4n) is 3.94. The Morgan fingerprint density at radius 2 is 1.65 bits per heavy atom. The number of amidine groups is 1. The van der Waals surface area contributed by atoms with Gasteiger partial charge in [-0.1, -0.05) is 11.3 Å². The average Bonchev–Trinajstić information content (AvgIpc) is 3.55. The number of furan rings is 1. The van der Waals surface area contributed by atoms with Gasteiger partial charge in [-0.2, -0.15) is 0 Å². The van der Waals surface area contributed by atoms with Crippen LogP contribution in [0, 0.1) is 15.5 Å². The Bertz CT molecular complexity index is 1140. The number of benzene rings is 1. The van der Waals surface area contributed by atoms with Crippen molar-refractivity contribution < 1.29 is 14.1 Å². The number of nitrogens with zero attached hydrogens (tertiary/aromatic N) is 6. The van der Waals surface area contributed by atoms with E-state index in [1.54, 1.807) is 6.07 Å². The number of anilines is 2. The van der Waals surface area contributed by atoms with E-state index in [0.29, 0.717) is 29.8 Å². The van der Waals surface area contributed by atoms with Crippen LogP contribution in [-0.4, -0.2) is 78.3 Å². The van der Waals surface area contributed by atoms with Crippen LogP contribution in [0.1, 0.15) is 5.56 Å². The highest BCUT2D eigenvalue weighted by molar-refractivity contribution is 7.18. The molecule has 0 atom stereocenters.